The van der Waals surface area contributed by atoms with Crippen molar-refractivity contribution in [1.29, 1.82) is 0 Å². The van der Waals surface area contributed by atoms with Crippen LogP contribution in [0.3, 0.4) is 0 Å². The summed E-state index contributed by atoms with van der Waals surface area (Å²) in [7, 11) is 0. The van der Waals surface area contributed by atoms with E-state index in [0.717, 1.165) is 10.5 Å². The molecule has 1 aromatic rings. The van der Waals surface area contributed by atoms with Crippen LogP contribution < -0.4 is 5.32 Å². The number of carbonyl (C=O) groups is 2. The fraction of sp³-hybridized carbons (Fsp3) is 0.308. The third-order valence-corrected chi connectivity index (χ3v) is 2.46. The first-order chi connectivity index (χ1) is 9.56. The molecule has 0 atom stereocenters. The van der Waals surface area contributed by atoms with Crippen LogP contribution in [0.25, 0.3) is 0 Å². The second-order valence-electron chi connectivity index (χ2n) is 3.55. The van der Waals surface area contributed by atoms with E-state index < -0.39 is 11.9 Å². The molecule has 108 valence electrons. The average molecular weight is 343 g/mol. The third-order valence-electron chi connectivity index (χ3n) is 2.03. The van der Waals surface area contributed by atoms with Crippen LogP contribution in [0.5, 0.6) is 0 Å². The predicted octanol–water partition coefficient (Wildman–Crippen LogP) is 2.27. The van der Waals surface area contributed by atoms with Crippen LogP contribution in [0, 0.1) is 0 Å². The second kappa shape index (κ2) is 8.31. The highest BCUT2D eigenvalue weighted by Gasteiger charge is 2.14. The lowest BCUT2D eigenvalue weighted by Gasteiger charge is -2.10. The van der Waals surface area contributed by atoms with Gasteiger partial charge >= 0.3 is 11.9 Å². The van der Waals surface area contributed by atoms with E-state index in [9.17, 15) is 9.59 Å². The fourth-order valence-corrected chi connectivity index (χ4v) is 1.66. The van der Waals surface area contributed by atoms with Crippen molar-refractivity contribution < 1.29 is 19.1 Å². The molecular weight excluding hydrogens is 328 g/mol. The number of anilines is 1. The molecule has 0 saturated heterocycles. The molecule has 7 heteroatoms. The van der Waals surface area contributed by atoms with Crippen molar-refractivity contribution in [2.24, 2.45) is 0 Å². The van der Waals surface area contributed by atoms with E-state index in [-0.39, 0.29) is 18.9 Å². The van der Waals surface area contributed by atoms with Crippen LogP contribution >= 0.6 is 15.9 Å². The Morgan fingerprint density at radius 3 is 2.60 bits per heavy atom. The third kappa shape index (κ3) is 5.40. The molecule has 0 spiro atoms. The summed E-state index contributed by atoms with van der Waals surface area (Å²) < 4.78 is 10.4. The number of hydrogen-bond acceptors (Lipinski definition) is 6. The molecular formula is C13H15BrN2O4. The van der Waals surface area contributed by atoms with Gasteiger partial charge in [-0.25, -0.2) is 9.59 Å². The average Bonchev–Trinajstić information content (AvgIpc) is 2.38. The van der Waals surface area contributed by atoms with Gasteiger partial charge in [0, 0.05) is 10.7 Å². The molecule has 1 rings (SSSR count). The van der Waals surface area contributed by atoms with Gasteiger partial charge in [-0.3, -0.25) is 4.98 Å². The number of nitrogens with zero attached hydrogens (tertiary/aromatic N) is 1. The maximum absolute atomic E-state index is 11.8. The standard InChI is InChI=1S/C13H15BrN2O4/c1-3-19-12(17)6-11(13(18)20-4-2)16-10-5-9(14)7-15-8-10/h5-8,16H,3-4H2,1-2H3/b11-6+. The van der Waals surface area contributed by atoms with E-state index in [1.165, 1.54) is 6.20 Å². The van der Waals surface area contributed by atoms with E-state index in [2.05, 4.69) is 26.2 Å². The molecule has 20 heavy (non-hydrogen) atoms. The van der Waals surface area contributed by atoms with Gasteiger partial charge in [0.25, 0.3) is 0 Å². The Bertz CT molecular complexity index is 517. The summed E-state index contributed by atoms with van der Waals surface area (Å²) in [6, 6.07) is 1.71. The van der Waals surface area contributed by atoms with E-state index in [0.29, 0.717) is 5.69 Å². The van der Waals surface area contributed by atoms with Gasteiger partial charge in [0.1, 0.15) is 5.70 Å². The summed E-state index contributed by atoms with van der Waals surface area (Å²) in [4.78, 5) is 27.2. The van der Waals surface area contributed by atoms with Crippen molar-refractivity contribution in [2.45, 2.75) is 13.8 Å². The number of ether oxygens (including phenoxy) is 2. The van der Waals surface area contributed by atoms with E-state index >= 15 is 0 Å². The lowest BCUT2D eigenvalue weighted by atomic mass is 10.3. The molecule has 6 nitrogen and oxygen atoms in total. The highest BCUT2D eigenvalue weighted by molar-refractivity contribution is 9.10. The predicted molar refractivity (Wildman–Crippen MR) is 76.9 cm³/mol. The minimum absolute atomic E-state index is 0.00907. The van der Waals surface area contributed by atoms with Crippen molar-refractivity contribution in [2.75, 3.05) is 18.5 Å². The molecule has 0 unspecified atom stereocenters. The molecule has 0 aliphatic rings. The second-order valence-corrected chi connectivity index (χ2v) is 4.46. The van der Waals surface area contributed by atoms with Crippen molar-refractivity contribution in [3.8, 4) is 0 Å². The molecule has 0 radical (unpaired) electrons. The van der Waals surface area contributed by atoms with Gasteiger partial charge in [0.2, 0.25) is 0 Å². The summed E-state index contributed by atoms with van der Waals surface area (Å²) >= 11 is 3.27. The molecule has 1 aromatic heterocycles. The summed E-state index contributed by atoms with van der Waals surface area (Å²) in [6.45, 7) is 3.79. The first-order valence-electron chi connectivity index (χ1n) is 6.00. The Labute approximate surface area is 125 Å². The Morgan fingerprint density at radius 2 is 2.00 bits per heavy atom. The number of nitrogens with one attached hydrogen (secondary N) is 1. The van der Waals surface area contributed by atoms with Crippen molar-refractivity contribution in [3.05, 3.63) is 34.7 Å². The molecule has 0 aliphatic heterocycles. The lowest BCUT2D eigenvalue weighted by Crippen LogP contribution is -2.17. The van der Waals surface area contributed by atoms with Gasteiger partial charge in [-0.2, -0.15) is 0 Å². The van der Waals surface area contributed by atoms with Crippen LogP contribution in [0.15, 0.2) is 34.7 Å². The number of pyridine rings is 1. The van der Waals surface area contributed by atoms with Gasteiger partial charge in [0.05, 0.1) is 31.2 Å². The van der Waals surface area contributed by atoms with Gasteiger partial charge in [-0.05, 0) is 35.8 Å². The topological polar surface area (TPSA) is 77.5 Å². The maximum Gasteiger partial charge on any atom is 0.355 e. The van der Waals surface area contributed by atoms with Gasteiger partial charge < -0.3 is 14.8 Å². The van der Waals surface area contributed by atoms with Crippen LogP contribution in [0.1, 0.15) is 13.8 Å². The molecule has 1 heterocycles. The highest BCUT2D eigenvalue weighted by Crippen LogP contribution is 2.16. The monoisotopic (exact) mass is 342 g/mol. The van der Waals surface area contributed by atoms with Crippen LogP contribution in [0.2, 0.25) is 0 Å². The number of aromatic nitrogens is 1. The molecule has 0 amide bonds. The van der Waals surface area contributed by atoms with Crippen molar-refractivity contribution in [1.82, 2.24) is 4.98 Å². The lowest BCUT2D eigenvalue weighted by molar-refractivity contribution is -0.140. The SMILES string of the molecule is CCOC(=O)/C=C(/Nc1cncc(Br)c1)C(=O)OCC. The normalized spacial score (nSPS) is 10.8. The number of halogens is 1. The number of hydrogen-bond donors (Lipinski definition) is 1. The Hall–Kier alpha value is -1.89. The van der Waals surface area contributed by atoms with Crippen LogP contribution in [0.4, 0.5) is 5.69 Å². The molecule has 0 aliphatic carbocycles. The van der Waals surface area contributed by atoms with E-state index in [4.69, 9.17) is 9.47 Å². The Balaban J connectivity index is 2.93. The number of rotatable bonds is 6. The maximum atomic E-state index is 11.8. The molecule has 0 aromatic carbocycles. The molecule has 1 N–H and O–H groups in total. The molecule has 0 saturated carbocycles. The minimum atomic E-state index is -0.638. The Kier molecular flexibility index (Phi) is 6.72. The first kappa shape index (κ1) is 16.2. The highest BCUT2D eigenvalue weighted by atomic mass is 79.9. The van der Waals surface area contributed by atoms with Gasteiger partial charge in [-0.15, -0.1) is 0 Å². The smallest absolute Gasteiger partial charge is 0.355 e. The van der Waals surface area contributed by atoms with Crippen molar-refractivity contribution in [3.63, 3.8) is 0 Å². The quantitative estimate of drug-likeness (QED) is 0.631. The van der Waals surface area contributed by atoms with Crippen LogP contribution in [-0.4, -0.2) is 30.1 Å². The zero-order chi connectivity index (χ0) is 15.0. The Morgan fingerprint density at radius 1 is 1.30 bits per heavy atom. The number of esters is 2. The summed E-state index contributed by atoms with van der Waals surface area (Å²) in [5.41, 5.74) is 0.535. The van der Waals surface area contributed by atoms with E-state index in [1.807, 2.05) is 0 Å². The van der Waals surface area contributed by atoms with Crippen LogP contribution in [-0.2, 0) is 19.1 Å². The largest absolute Gasteiger partial charge is 0.463 e. The fourth-order valence-electron chi connectivity index (χ4n) is 1.29. The summed E-state index contributed by atoms with van der Waals surface area (Å²) in [6.07, 6.45) is 4.18. The zero-order valence-electron chi connectivity index (χ0n) is 11.2. The minimum Gasteiger partial charge on any atom is -0.463 e. The first-order valence-corrected chi connectivity index (χ1v) is 6.79. The summed E-state index contributed by atoms with van der Waals surface area (Å²) in [5.74, 6) is -1.26. The zero-order valence-corrected chi connectivity index (χ0v) is 12.8. The van der Waals surface area contributed by atoms with Crippen molar-refractivity contribution >= 4 is 33.6 Å². The molecule has 0 fully saturated rings. The number of carbonyl (C=O) groups excluding carboxylic acids is 2. The van der Waals surface area contributed by atoms with Gasteiger partial charge in [0.15, 0.2) is 0 Å². The molecule has 0 bridgehead atoms. The summed E-state index contributed by atoms with van der Waals surface area (Å²) in [5, 5.41) is 2.79. The van der Waals surface area contributed by atoms with Gasteiger partial charge in [-0.1, -0.05) is 0 Å². The van der Waals surface area contributed by atoms with E-state index in [1.54, 1.807) is 26.1 Å².